The van der Waals surface area contributed by atoms with E-state index in [4.69, 9.17) is 9.47 Å². The zero-order valence-electron chi connectivity index (χ0n) is 14.5. The Labute approximate surface area is 151 Å². The third kappa shape index (κ3) is 4.50. The van der Waals surface area contributed by atoms with Crippen LogP contribution in [0.5, 0.6) is 5.75 Å². The first-order chi connectivity index (χ1) is 12.7. The smallest absolute Gasteiger partial charge is 0.242 e. The van der Waals surface area contributed by atoms with Gasteiger partial charge in [-0.2, -0.15) is 0 Å². The van der Waals surface area contributed by atoms with Crippen molar-refractivity contribution in [1.29, 1.82) is 0 Å². The van der Waals surface area contributed by atoms with E-state index >= 15 is 0 Å². The minimum absolute atomic E-state index is 0.0396. The van der Waals surface area contributed by atoms with Crippen LogP contribution < -0.4 is 10.2 Å². The van der Waals surface area contributed by atoms with Gasteiger partial charge < -0.3 is 24.0 Å². The molecule has 1 aromatic heterocycles. The lowest BCUT2D eigenvalue weighted by atomic mass is 10.2. The van der Waals surface area contributed by atoms with Gasteiger partial charge in [0, 0.05) is 24.8 Å². The van der Waals surface area contributed by atoms with Crippen molar-refractivity contribution in [2.75, 3.05) is 26.3 Å². The summed E-state index contributed by atoms with van der Waals surface area (Å²) in [7, 11) is 0. The molecule has 0 bridgehead atoms. The van der Waals surface area contributed by atoms with Crippen molar-refractivity contribution in [1.82, 2.24) is 9.47 Å². The van der Waals surface area contributed by atoms with Gasteiger partial charge in [-0.15, -0.1) is 0 Å². The number of aliphatic hydroxyl groups is 1. The Morgan fingerprint density at radius 3 is 2.62 bits per heavy atom. The van der Waals surface area contributed by atoms with Crippen LogP contribution in [0.4, 0.5) is 0 Å². The molecule has 1 amide bonds. The molecule has 0 aliphatic carbocycles. The van der Waals surface area contributed by atoms with E-state index in [0.29, 0.717) is 32.0 Å². The number of aromatic nitrogens is 1. The summed E-state index contributed by atoms with van der Waals surface area (Å²) >= 11 is 0. The predicted molar refractivity (Wildman–Crippen MR) is 94.8 cm³/mol. The predicted octanol–water partition coefficient (Wildman–Crippen LogP) is 0.778. The van der Waals surface area contributed by atoms with Crippen LogP contribution in [0.25, 0.3) is 0 Å². The molecule has 2 heterocycles. The molecule has 7 nitrogen and oxygen atoms in total. The van der Waals surface area contributed by atoms with Crippen molar-refractivity contribution >= 4 is 5.91 Å². The number of benzene rings is 1. The second-order valence-corrected chi connectivity index (χ2v) is 6.05. The molecule has 0 radical (unpaired) electrons. The van der Waals surface area contributed by atoms with Crippen LogP contribution in [-0.4, -0.2) is 46.8 Å². The van der Waals surface area contributed by atoms with Crippen molar-refractivity contribution in [2.45, 2.75) is 19.8 Å². The van der Waals surface area contributed by atoms with E-state index in [2.05, 4.69) is 0 Å². The molecule has 26 heavy (non-hydrogen) atoms. The van der Waals surface area contributed by atoms with Gasteiger partial charge in [-0.1, -0.05) is 30.3 Å². The first-order valence-electron chi connectivity index (χ1n) is 8.54. The molecule has 1 aliphatic rings. The fourth-order valence-corrected chi connectivity index (χ4v) is 2.78. The molecule has 0 saturated carbocycles. The molecular weight excluding hydrogens is 336 g/mol. The van der Waals surface area contributed by atoms with Crippen molar-refractivity contribution in [3.63, 3.8) is 0 Å². The summed E-state index contributed by atoms with van der Waals surface area (Å²) in [5.41, 5.74) is 0.998. The van der Waals surface area contributed by atoms with Crippen LogP contribution in [0.3, 0.4) is 0 Å². The lowest BCUT2D eigenvalue weighted by molar-refractivity contribution is -0.135. The van der Waals surface area contributed by atoms with Gasteiger partial charge in [-0.3, -0.25) is 9.59 Å². The van der Waals surface area contributed by atoms with E-state index in [1.165, 1.54) is 12.3 Å². The molecule has 1 aliphatic heterocycles. The number of hydrogen-bond donors (Lipinski definition) is 1. The van der Waals surface area contributed by atoms with E-state index < -0.39 is 0 Å². The highest BCUT2D eigenvalue weighted by Crippen LogP contribution is 2.11. The number of pyridine rings is 1. The van der Waals surface area contributed by atoms with E-state index in [1.54, 1.807) is 9.47 Å². The average Bonchev–Trinajstić information content (AvgIpc) is 2.69. The third-order valence-corrected chi connectivity index (χ3v) is 4.25. The topological polar surface area (TPSA) is 81.0 Å². The number of rotatable bonds is 6. The van der Waals surface area contributed by atoms with E-state index in [1.807, 2.05) is 30.3 Å². The number of ether oxygens (including phenoxy) is 2. The summed E-state index contributed by atoms with van der Waals surface area (Å²) in [6.07, 6.45) is 1.50. The molecule has 0 unspecified atom stereocenters. The molecule has 1 fully saturated rings. The Morgan fingerprint density at radius 2 is 1.92 bits per heavy atom. The maximum Gasteiger partial charge on any atom is 0.242 e. The molecule has 2 aromatic rings. The van der Waals surface area contributed by atoms with Crippen molar-refractivity contribution in [3.8, 4) is 5.75 Å². The number of aliphatic hydroxyl groups excluding tert-OH is 1. The van der Waals surface area contributed by atoms with Crippen LogP contribution in [-0.2, 0) is 29.3 Å². The average molecular weight is 358 g/mol. The molecule has 3 rings (SSSR count). The van der Waals surface area contributed by atoms with E-state index in [-0.39, 0.29) is 36.8 Å². The zero-order chi connectivity index (χ0) is 18.4. The minimum atomic E-state index is -0.329. The maximum atomic E-state index is 12.5. The molecule has 0 atom stereocenters. The summed E-state index contributed by atoms with van der Waals surface area (Å²) in [6, 6.07) is 10.8. The van der Waals surface area contributed by atoms with Gasteiger partial charge in [0.25, 0.3) is 0 Å². The second kappa shape index (κ2) is 8.64. The largest absolute Gasteiger partial charge is 0.483 e. The van der Waals surface area contributed by atoms with Gasteiger partial charge in [0.05, 0.1) is 26.0 Å². The van der Waals surface area contributed by atoms with Gasteiger partial charge in [0.2, 0.25) is 11.3 Å². The summed E-state index contributed by atoms with van der Waals surface area (Å²) in [5, 5.41) is 9.52. The highest BCUT2D eigenvalue weighted by molar-refractivity contribution is 5.76. The van der Waals surface area contributed by atoms with Gasteiger partial charge in [0.15, 0.2) is 5.75 Å². The second-order valence-electron chi connectivity index (χ2n) is 6.05. The third-order valence-electron chi connectivity index (χ3n) is 4.25. The maximum absolute atomic E-state index is 12.5. The number of hydrogen-bond acceptors (Lipinski definition) is 5. The van der Waals surface area contributed by atoms with Crippen LogP contribution in [0.2, 0.25) is 0 Å². The Balaban J connectivity index is 1.75. The van der Waals surface area contributed by atoms with Gasteiger partial charge in [-0.05, 0) is 5.56 Å². The van der Waals surface area contributed by atoms with E-state index in [0.717, 1.165) is 5.56 Å². The number of nitrogens with zero attached hydrogens (tertiary/aromatic N) is 2. The molecule has 0 spiro atoms. The number of carbonyl (C=O) groups is 1. The van der Waals surface area contributed by atoms with Crippen molar-refractivity contribution < 1.29 is 19.4 Å². The lowest BCUT2D eigenvalue weighted by Crippen LogP contribution is -2.42. The summed E-state index contributed by atoms with van der Waals surface area (Å²) in [5.74, 6) is 0.0708. The van der Waals surface area contributed by atoms with Crippen molar-refractivity contribution in [3.05, 3.63) is 64.1 Å². The zero-order valence-corrected chi connectivity index (χ0v) is 14.5. The monoisotopic (exact) mass is 358 g/mol. The Morgan fingerprint density at radius 1 is 1.19 bits per heavy atom. The van der Waals surface area contributed by atoms with Gasteiger partial charge in [-0.25, -0.2) is 0 Å². The number of amides is 1. The molecular formula is C19H22N2O5. The van der Waals surface area contributed by atoms with Gasteiger partial charge >= 0.3 is 0 Å². The van der Waals surface area contributed by atoms with Crippen LogP contribution in [0.15, 0.2) is 47.4 Å². The molecule has 7 heteroatoms. The fraction of sp³-hybridized carbons (Fsp3) is 0.368. The van der Waals surface area contributed by atoms with Crippen LogP contribution >= 0.6 is 0 Å². The van der Waals surface area contributed by atoms with Crippen molar-refractivity contribution in [2.24, 2.45) is 0 Å². The lowest BCUT2D eigenvalue weighted by Gasteiger charge is -2.27. The quantitative estimate of drug-likeness (QED) is 0.825. The fourth-order valence-electron chi connectivity index (χ4n) is 2.78. The SMILES string of the molecule is O=C(Cn1cc(OCc2ccccc2)c(=O)cc1CO)N1CCOCC1. The molecule has 1 N–H and O–H groups in total. The van der Waals surface area contributed by atoms with Crippen LogP contribution in [0.1, 0.15) is 11.3 Å². The highest BCUT2D eigenvalue weighted by Gasteiger charge is 2.18. The molecule has 1 saturated heterocycles. The van der Waals surface area contributed by atoms with E-state index in [9.17, 15) is 14.7 Å². The standard InChI is InChI=1S/C19H22N2O5/c22-13-16-10-17(23)18(26-14-15-4-2-1-3-5-15)11-21(16)12-19(24)20-6-8-25-9-7-20/h1-5,10-11,22H,6-9,12-14H2. The minimum Gasteiger partial charge on any atom is -0.483 e. The molecule has 1 aromatic carbocycles. The van der Waals surface area contributed by atoms with Gasteiger partial charge in [0.1, 0.15) is 13.2 Å². The number of carbonyl (C=O) groups excluding carboxylic acids is 1. The Hall–Kier alpha value is -2.64. The Bertz CT molecular complexity index is 797. The summed E-state index contributed by atoms with van der Waals surface area (Å²) in [6.45, 7) is 2.10. The summed E-state index contributed by atoms with van der Waals surface area (Å²) < 4.78 is 12.5. The highest BCUT2D eigenvalue weighted by atomic mass is 16.5. The summed E-state index contributed by atoms with van der Waals surface area (Å²) in [4.78, 5) is 26.4. The normalized spacial score (nSPS) is 14.3. The first-order valence-corrected chi connectivity index (χ1v) is 8.54. The number of morpholine rings is 1. The molecule has 138 valence electrons. The first kappa shape index (κ1) is 18.2. The Kier molecular flexibility index (Phi) is 6.04. The van der Waals surface area contributed by atoms with Crippen LogP contribution in [0, 0.1) is 0 Å².